The fraction of sp³-hybridized carbons (Fsp3) is 0.267. The van der Waals surface area contributed by atoms with Crippen LogP contribution in [0.25, 0.3) is 10.8 Å². The molecule has 7 heteroatoms. The molecule has 1 fully saturated rings. The Hall–Kier alpha value is -1.99. The highest BCUT2D eigenvalue weighted by Gasteiger charge is 2.31. The summed E-state index contributed by atoms with van der Waals surface area (Å²) >= 11 is 3.12. The van der Waals surface area contributed by atoms with Crippen molar-refractivity contribution in [3.63, 3.8) is 0 Å². The molecule has 1 saturated heterocycles. The third-order valence-electron chi connectivity index (χ3n) is 3.78. The van der Waals surface area contributed by atoms with Crippen molar-refractivity contribution in [3.05, 3.63) is 45.7 Å². The van der Waals surface area contributed by atoms with Crippen molar-refractivity contribution in [1.82, 2.24) is 15.0 Å². The first-order chi connectivity index (χ1) is 10.8. The van der Waals surface area contributed by atoms with Crippen LogP contribution in [0, 0.1) is 0 Å². The van der Waals surface area contributed by atoms with Gasteiger partial charge in [-0.25, -0.2) is 0 Å². The number of rotatable bonds is 3. The molecule has 0 aliphatic carbocycles. The fourth-order valence-electron chi connectivity index (χ4n) is 2.63. The van der Waals surface area contributed by atoms with Crippen LogP contribution < -0.4 is 0 Å². The van der Waals surface area contributed by atoms with Gasteiger partial charge in [-0.15, -0.1) is 11.3 Å². The van der Waals surface area contributed by atoms with Gasteiger partial charge in [0, 0.05) is 24.4 Å². The van der Waals surface area contributed by atoms with Crippen molar-refractivity contribution in [3.8, 4) is 10.8 Å². The molecule has 0 unspecified atom stereocenters. The molecule has 22 heavy (non-hydrogen) atoms. The van der Waals surface area contributed by atoms with Crippen LogP contribution in [0.1, 0.15) is 28.5 Å². The van der Waals surface area contributed by atoms with Crippen LogP contribution >= 0.6 is 22.7 Å². The third kappa shape index (κ3) is 2.46. The number of thiophene rings is 2. The van der Waals surface area contributed by atoms with Gasteiger partial charge < -0.3 is 9.42 Å². The van der Waals surface area contributed by atoms with Crippen LogP contribution in [-0.2, 0) is 0 Å². The summed E-state index contributed by atoms with van der Waals surface area (Å²) in [6, 6.07) is 5.78. The summed E-state index contributed by atoms with van der Waals surface area (Å²) in [5, 5.41) is 9.89. The number of carbonyl (C=O) groups is 1. The topological polar surface area (TPSA) is 59.2 Å². The minimum atomic E-state index is 0.0886. The molecular weight excluding hydrogens is 318 g/mol. The van der Waals surface area contributed by atoms with E-state index in [9.17, 15) is 4.79 Å². The van der Waals surface area contributed by atoms with E-state index >= 15 is 0 Å². The largest absolute Gasteiger partial charge is 0.338 e. The van der Waals surface area contributed by atoms with E-state index in [0.717, 1.165) is 23.4 Å². The summed E-state index contributed by atoms with van der Waals surface area (Å²) in [6.07, 6.45) is 0.874. The number of carbonyl (C=O) groups excluding carboxylic acids is 1. The number of aromatic nitrogens is 2. The minimum Gasteiger partial charge on any atom is -0.338 e. The maximum atomic E-state index is 12.3. The molecule has 3 aromatic rings. The summed E-state index contributed by atoms with van der Waals surface area (Å²) in [6.45, 7) is 1.39. The van der Waals surface area contributed by atoms with Crippen molar-refractivity contribution in [1.29, 1.82) is 0 Å². The van der Waals surface area contributed by atoms with E-state index in [-0.39, 0.29) is 11.8 Å². The van der Waals surface area contributed by atoms with Gasteiger partial charge in [-0.3, -0.25) is 4.79 Å². The van der Waals surface area contributed by atoms with E-state index in [1.807, 2.05) is 39.2 Å². The Morgan fingerprint density at radius 3 is 3.09 bits per heavy atom. The quantitative estimate of drug-likeness (QED) is 0.737. The zero-order valence-corrected chi connectivity index (χ0v) is 13.3. The molecule has 4 rings (SSSR count). The first-order valence-electron chi connectivity index (χ1n) is 7.00. The normalized spacial score (nSPS) is 18.0. The SMILES string of the molecule is O=C(c1ccsc1)N1CC[C@H](c2noc(-c3cccs3)n2)C1. The van der Waals surface area contributed by atoms with Crippen LogP contribution in [0.3, 0.4) is 0 Å². The summed E-state index contributed by atoms with van der Waals surface area (Å²) in [7, 11) is 0. The summed E-state index contributed by atoms with van der Waals surface area (Å²) < 4.78 is 5.34. The second kappa shape index (κ2) is 5.66. The molecule has 0 aromatic carbocycles. The first-order valence-corrected chi connectivity index (χ1v) is 8.82. The van der Waals surface area contributed by atoms with Gasteiger partial charge in [0.1, 0.15) is 0 Å². The van der Waals surface area contributed by atoms with Gasteiger partial charge in [0.25, 0.3) is 11.8 Å². The predicted octanol–water partition coefficient (Wildman–Crippen LogP) is 3.49. The average molecular weight is 331 g/mol. The van der Waals surface area contributed by atoms with Crippen molar-refractivity contribution >= 4 is 28.6 Å². The van der Waals surface area contributed by atoms with Gasteiger partial charge in [-0.1, -0.05) is 11.2 Å². The number of likely N-dealkylation sites (tertiary alicyclic amines) is 1. The van der Waals surface area contributed by atoms with E-state index in [1.54, 1.807) is 11.3 Å². The van der Waals surface area contributed by atoms with E-state index in [2.05, 4.69) is 10.1 Å². The van der Waals surface area contributed by atoms with Gasteiger partial charge in [0.05, 0.1) is 10.4 Å². The summed E-state index contributed by atoms with van der Waals surface area (Å²) in [5.41, 5.74) is 0.762. The number of nitrogens with zero attached hydrogens (tertiary/aromatic N) is 3. The van der Waals surface area contributed by atoms with E-state index in [1.165, 1.54) is 11.3 Å². The second-order valence-corrected chi connectivity index (χ2v) is 6.91. The van der Waals surface area contributed by atoms with Crippen LogP contribution in [0.2, 0.25) is 0 Å². The highest BCUT2D eigenvalue weighted by Crippen LogP contribution is 2.29. The number of hydrogen-bond donors (Lipinski definition) is 0. The molecule has 0 N–H and O–H groups in total. The van der Waals surface area contributed by atoms with Crippen LogP contribution in [0.5, 0.6) is 0 Å². The summed E-state index contributed by atoms with van der Waals surface area (Å²) in [5.74, 6) is 1.50. The molecule has 0 radical (unpaired) electrons. The highest BCUT2D eigenvalue weighted by molar-refractivity contribution is 7.13. The smallest absolute Gasteiger partial charge is 0.267 e. The van der Waals surface area contributed by atoms with Gasteiger partial charge in [-0.2, -0.15) is 16.3 Å². The lowest BCUT2D eigenvalue weighted by Gasteiger charge is -2.14. The zero-order chi connectivity index (χ0) is 14.9. The molecule has 0 saturated carbocycles. The highest BCUT2D eigenvalue weighted by atomic mass is 32.1. The molecule has 1 aliphatic rings. The third-order valence-corrected chi connectivity index (χ3v) is 5.32. The molecule has 112 valence electrons. The van der Waals surface area contributed by atoms with Crippen molar-refractivity contribution in [2.24, 2.45) is 0 Å². The Kier molecular flexibility index (Phi) is 3.51. The molecular formula is C15H13N3O2S2. The van der Waals surface area contributed by atoms with E-state index in [4.69, 9.17) is 4.52 Å². The Balaban J connectivity index is 1.48. The standard InChI is InChI=1S/C15H13N3O2S2/c19-15(11-4-7-21-9-11)18-5-3-10(8-18)13-16-14(20-17-13)12-2-1-6-22-12/h1-2,4,6-7,9-10H,3,5,8H2/t10-/m0/s1. The van der Waals surface area contributed by atoms with Crippen molar-refractivity contribution in [2.75, 3.05) is 13.1 Å². The summed E-state index contributed by atoms with van der Waals surface area (Å²) in [4.78, 5) is 19.7. The second-order valence-electron chi connectivity index (χ2n) is 5.18. The van der Waals surface area contributed by atoms with Gasteiger partial charge >= 0.3 is 0 Å². The Morgan fingerprint density at radius 2 is 2.32 bits per heavy atom. The molecule has 1 amide bonds. The monoisotopic (exact) mass is 331 g/mol. The fourth-order valence-corrected chi connectivity index (χ4v) is 3.90. The van der Waals surface area contributed by atoms with Gasteiger partial charge in [0.2, 0.25) is 0 Å². The average Bonchev–Trinajstić information content (AvgIpc) is 3.35. The molecule has 1 atom stereocenters. The number of amides is 1. The molecule has 5 nitrogen and oxygen atoms in total. The maximum absolute atomic E-state index is 12.3. The van der Waals surface area contributed by atoms with Crippen LogP contribution in [0.15, 0.2) is 38.9 Å². The predicted molar refractivity (Wildman–Crippen MR) is 85.2 cm³/mol. The lowest BCUT2D eigenvalue weighted by Crippen LogP contribution is -2.28. The minimum absolute atomic E-state index is 0.0886. The van der Waals surface area contributed by atoms with Crippen molar-refractivity contribution in [2.45, 2.75) is 12.3 Å². The Labute approximate surface area is 135 Å². The zero-order valence-electron chi connectivity index (χ0n) is 11.6. The Bertz CT molecular complexity index is 765. The van der Waals surface area contributed by atoms with Gasteiger partial charge in [-0.05, 0) is 29.3 Å². The van der Waals surface area contributed by atoms with Crippen LogP contribution in [0.4, 0.5) is 0 Å². The van der Waals surface area contributed by atoms with Crippen molar-refractivity contribution < 1.29 is 9.32 Å². The van der Waals surface area contributed by atoms with Crippen LogP contribution in [-0.4, -0.2) is 34.0 Å². The molecule has 1 aliphatic heterocycles. The Morgan fingerprint density at radius 1 is 1.36 bits per heavy atom. The first kappa shape index (κ1) is 13.7. The van der Waals surface area contributed by atoms with Gasteiger partial charge in [0.15, 0.2) is 5.82 Å². The molecule has 3 aromatic heterocycles. The lowest BCUT2D eigenvalue weighted by molar-refractivity contribution is 0.0791. The molecule has 0 bridgehead atoms. The maximum Gasteiger partial charge on any atom is 0.267 e. The number of hydrogen-bond acceptors (Lipinski definition) is 6. The molecule has 4 heterocycles. The molecule has 0 spiro atoms. The van der Waals surface area contributed by atoms with E-state index < -0.39 is 0 Å². The van der Waals surface area contributed by atoms with E-state index in [0.29, 0.717) is 18.3 Å². The lowest BCUT2D eigenvalue weighted by atomic mass is 10.1.